The monoisotopic (exact) mass is 209 g/mol. The second-order valence-electron chi connectivity index (χ2n) is 4.41. The van der Waals surface area contributed by atoms with Gasteiger partial charge in [-0.15, -0.1) is 0 Å². The van der Waals surface area contributed by atoms with Gasteiger partial charge in [0.05, 0.1) is 12.0 Å². The molecule has 3 nitrogen and oxygen atoms in total. The molecule has 84 valence electrons. The lowest BCUT2D eigenvalue weighted by Gasteiger charge is -2.31. The van der Waals surface area contributed by atoms with Crippen LogP contribution in [0.15, 0.2) is 12.2 Å². The van der Waals surface area contributed by atoms with Crippen molar-refractivity contribution < 1.29 is 9.53 Å². The van der Waals surface area contributed by atoms with Crippen LogP contribution < -0.4 is 5.32 Å². The van der Waals surface area contributed by atoms with E-state index in [9.17, 15) is 4.79 Å². The number of hydrogen-bond acceptors (Lipinski definition) is 3. The van der Waals surface area contributed by atoms with Crippen LogP contribution in [0.25, 0.3) is 0 Å². The molecule has 15 heavy (non-hydrogen) atoms. The Hall–Kier alpha value is -0.830. The molecule has 0 aromatic carbocycles. The summed E-state index contributed by atoms with van der Waals surface area (Å²) in [6.45, 7) is 3.24. The van der Waals surface area contributed by atoms with Gasteiger partial charge in [-0.1, -0.05) is 18.6 Å². The van der Waals surface area contributed by atoms with Crippen LogP contribution in [0.2, 0.25) is 0 Å². The van der Waals surface area contributed by atoms with Crippen molar-refractivity contribution in [2.24, 2.45) is 5.41 Å². The third-order valence-corrected chi connectivity index (χ3v) is 3.60. The molecule has 0 radical (unpaired) electrons. The maximum atomic E-state index is 12.1. The van der Waals surface area contributed by atoms with E-state index >= 15 is 0 Å². The Morgan fingerprint density at radius 1 is 1.60 bits per heavy atom. The first-order valence-electron chi connectivity index (χ1n) is 5.85. The normalized spacial score (nSPS) is 34.6. The lowest BCUT2D eigenvalue weighted by Crippen LogP contribution is -2.46. The molecule has 1 fully saturated rings. The number of esters is 1. The number of rotatable bonds is 2. The second-order valence-corrected chi connectivity index (χ2v) is 4.41. The quantitative estimate of drug-likeness (QED) is 0.555. The summed E-state index contributed by atoms with van der Waals surface area (Å²) in [5.41, 5.74) is -0.275. The van der Waals surface area contributed by atoms with Gasteiger partial charge in [0, 0.05) is 12.6 Å². The van der Waals surface area contributed by atoms with E-state index in [2.05, 4.69) is 17.5 Å². The van der Waals surface area contributed by atoms with Crippen molar-refractivity contribution in [1.82, 2.24) is 5.32 Å². The SMILES string of the molecule is CCOC(=O)C12CC=CCNC1CCC2. The van der Waals surface area contributed by atoms with E-state index in [1.165, 1.54) is 0 Å². The Bertz CT molecular complexity index is 275. The molecule has 2 rings (SSSR count). The maximum Gasteiger partial charge on any atom is 0.313 e. The second kappa shape index (κ2) is 4.35. The van der Waals surface area contributed by atoms with Gasteiger partial charge in [0.2, 0.25) is 0 Å². The maximum absolute atomic E-state index is 12.1. The Morgan fingerprint density at radius 3 is 3.27 bits per heavy atom. The van der Waals surface area contributed by atoms with E-state index < -0.39 is 0 Å². The molecule has 0 spiro atoms. The van der Waals surface area contributed by atoms with Crippen LogP contribution in [0, 0.1) is 5.41 Å². The average Bonchev–Trinajstić information content (AvgIpc) is 2.53. The molecule has 3 heteroatoms. The minimum atomic E-state index is -0.275. The summed E-state index contributed by atoms with van der Waals surface area (Å²) in [4.78, 5) is 12.1. The summed E-state index contributed by atoms with van der Waals surface area (Å²) in [7, 11) is 0. The Morgan fingerprint density at radius 2 is 2.47 bits per heavy atom. The van der Waals surface area contributed by atoms with Crippen LogP contribution >= 0.6 is 0 Å². The first-order chi connectivity index (χ1) is 7.29. The number of hydrogen-bond donors (Lipinski definition) is 1. The predicted molar refractivity (Wildman–Crippen MR) is 58.5 cm³/mol. The molecule has 0 amide bonds. The van der Waals surface area contributed by atoms with Gasteiger partial charge in [0.1, 0.15) is 0 Å². The summed E-state index contributed by atoms with van der Waals surface area (Å²) < 4.78 is 5.23. The zero-order chi connectivity index (χ0) is 10.7. The highest BCUT2D eigenvalue weighted by atomic mass is 16.5. The van der Waals surface area contributed by atoms with Gasteiger partial charge in [0.15, 0.2) is 0 Å². The summed E-state index contributed by atoms with van der Waals surface area (Å²) >= 11 is 0. The van der Waals surface area contributed by atoms with E-state index in [1.54, 1.807) is 0 Å². The highest BCUT2D eigenvalue weighted by Gasteiger charge is 2.49. The van der Waals surface area contributed by atoms with Gasteiger partial charge in [-0.25, -0.2) is 0 Å². The van der Waals surface area contributed by atoms with Crippen molar-refractivity contribution in [2.45, 2.75) is 38.6 Å². The Balaban J connectivity index is 2.19. The summed E-state index contributed by atoms with van der Waals surface area (Å²) in [6.07, 6.45) is 8.26. The molecular weight excluding hydrogens is 190 g/mol. The predicted octanol–water partition coefficient (Wildman–Crippen LogP) is 1.64. The van der Waals surface area contributed by atoms with Crippen molar-refractivity contribution in [3.05, 3.63) is 12.2 Å². The van der Waals surface area contributed by atoms with Gasteiger partial charge in [0.25, 0.3) is 0 Å². The summed E-state index contributed by atoms with van der Waals surface area (Å²) in [5.74, 6) is -0.00782. The van der Waals surface area contributed by atoms with Crippen LogP contribution in [0.5, 0.6) is 0 Å². The number of carbonyl (C=O) groups excluding carboxylic acids is 1. The molecule has 0 saturated heterocycles. The van der Waals surface area contributed by atoms with Crippen LogP contribution in [0.1, 0.15) is 32.6 Å². The van der Waals surface area contributed by atoms with E-state index in [0.29, 0.717) is 12.6 Å². The zero-order valence-corrected chi connectivity index (χ0v) is 9.29. The zero-order valence-electron chi connectivity index (χ0n) is 9.29. The minimum absolute atomic E-state index is 0.00782. The lowest BCUT2D eigenvalue weighted by molar-refractivity contribution is -0.156. The van der Waals surface area contributed by atoms with E-state index in [1.807, 2.05) is 6.92 Å². The molecule has 1 saturated carbocycles. The largest absolute Gasteiger partial charge is 0.466 e. The molecule has 0 bridgehead atoms. The molecule has 2 aliphatic rings. The highest BCUT2D eigenvalue weighted by molar-refractivity contribution is 5.78. The Labute approximate surface area is 90.9 Å². The highest BCUT2D eigenvalue weighted by Crippen LogP contribution is 2.43. The lowest BCUT2D eigenvalue weighted by atomic mass is 9.79. The van der Waals surface area contributed by atoms with Crippen molar-refractivity contribution >= 4 is 5.97 Å². The van der Waals surface area contributed by atoms with Crippen LogP contribution in [0.3, 0.4) is 0 Å². The van der Waals surface area contributed by atoms with Crippen LogP contribution in [-0.2, 0) is 9.53 Å². The minimum Gasteiger partial charge on any atom is -0.466 e. The smallest absolute Gasteiger partial charge is 0.313 e. The summed E-state index contributed by atoms with van der Waals surface area (Å²) in [6, 6.07) is 0.312. The molecule has 2 unspecified atom stereocenters. The fraction of sp³-hybridized carbons (Fsp3) is 0.750. The van der Waals surface area contributed by atoms with Crippen molar-refractivity contribution in [3.63, 3.8) is 0 Å². The van der Waals surface area contributed by atoms with Crippen LogP contribution in [0.4, 0.5) is 0 Å². The van der Waals surface area contributed by atoms with Gasteiger partial charge in [-0.3, -0.25) is 4.79 Å². The van der Waals surface area contributed by atoms with E-state index in [-0.39, 0.29) is 11.4 Å². The van der Waals surface area contributed by atoms with E-state index in [4.69, 9.17) is 4.74 Å². The number of nitrogens with one attached hydrogen (secondary N) is 1. The summed E-state index contributed by atoms with van der Waals surface area (Å²) in [5, 5.41) is 3.44. The first-order valence-corrected chi connectivity index (χ1v) is 5.85. The first kappa shape index (κ1) is 10.7. The van der Waals surface area contributed by atoms with Gasteiger partial charge < -0.3 is 10.1 Å². The molecule has 0 aromatic heterocycles. The van der Waals surface area contributed by atoms with Gasteiger partial charge in [-0.05, 0) is 26.2 Å². The molecule has 2 atom stereocenters. The van der Waals surface area contributed by atoms with Gasteiger partial charge in [-0.2, -0.15) is 0 Å². The molecule has 1 aliphatic carbocycles. The van der Waals surface area contributed by atoms with Crippen molar-refractivity contribution in [3.8, 4) is 0 Å². The van der Waals surface area contributed by atoms with Crippen molar-refractivity contribution in [2.75, 3.05) is 13.2 Å². The van der Waals surface area contributed by atoms with Crippen molar-refractivity contribution in [1.29, 1.82) is 0 Å². The number of ether oxygens (including phenoxy) is 1. The van der Waals surface area contributed by atoms with Crippen LogP contribution in [-0.4, -0.2) is 25.2 Å². The number of fused-ring (bicyclic) bond motifs is 1. The molecule has 1 aliphatic heterocycles. The Kier molecular flexibility index (Phi) is 3.10. The molecule has 0 aromatic rings. The fourth-order valence-corrected chi connectivity index (χ4v) is 2.80. The third kappa shape index (κ3) is 1.81. The van der Waals surface area contributed by atoms with Gasteiger partial charge >= 0.3 is 5.97 Å². The number of allylic oxidation sites excluding steroid dienone is 1. The number of carbonyl (C=O) groups is 1. The standard InChI is InChI=1S/C12H19NO2/c1-2-15-11(14)12-7-3-4-9-13-10(12)6-5-8-12/h3-4,10,13H,2,5-9H2,1H3. The molecule has 1 N–H and O–H groups in total. The fourth-order valence-electron chi connectivity index (χ4n) is 2.80. The third-order valence-electron chi connectivity index (χ3n) is 3.60. The average molecular weight is 209 g/mol. The molecular formula is C12H19NO2. The topological polar surface area (TPSA) is 38.3 Å². The molecule has 1 heterocycles. The van der Waals surface area contributed by atoms with E-state index in [0.717, 1.165) is 32.2 Å².